The topological polar surface area (TPSA) is 52.3 Å². The highest BCUT2D eigenvalue weighted by Crippen LogP contribution is 2.31. The highest BCUT2D eigenvalue weighted by molar-refractivity contribution is 5.89. The molecule has 0 radical (unpaired) electrons. The first-order valence-electron chi connectivity index (χ1n) is 10.4. The lowest BCUT2D eigenvalue weighted by atomic mass is 10.1. The minimum Gasteiger partial charge on any atom is -0.454 e. The summed E-state index contributed by atoms with van der Waals surface area (Å²) in [5, 5.41) is 3.78. The Morgan fingerprint density at radius 1 is 1.09 bits per heavy atom. The molecule has 4 rings (SSSR count). The number of hydrogen-bond donors (Lipinski definition) is 0. The van der Waals surface area contributed by atoms with Crippen LogP contribution >= 0.6 is 0 Å². The van der Waals surface area contributed by atoms with Crippen LogP contribution in [0.25, 0.3) is 11.3 Å². The van der Waals surface area contributed by atoms with Crippen molar-refractivity contribution in [2.24, 2.45) is 5.92 Å². The molecule has 4 nitrogen and oxygen atoms in total. The fraction of sp³-hybridized carbons (Fsp3) is 0.280. The highest BCUT2D eigenvalue weighted by Gasteiger charge is 2.30. The molecule has 0 unspecified atom stereocenters. The molecule has 1 aliphatic carbocycles. The van der Waals surface area contributed by atoms with Crippen LogP contribution in [0.15, 0.2) is 53.1 Å². The van der Waals surface area contributed by atoms with Gasteiger partial charge in [0.15, 0.2) is 12.4 Å². The molecule has 33 heavy (non-hydrogen) atoms. The number of aromatic nitrogens is 1. The number of halogens is 4. The van der Waals surface area contributed by atoms with Crippen LogP contribution in [0.1, 0.15) is 52.9 Å². The van der Waals surface area contributed by atoms with Crippen molar-refractivity contribution in [1.29, 1.82) is 0 Å². The highest BCUT2D eigenvalue weighted by atomic mass is 19.4. The van der Waals surface area contributed by atoms with Gasteiger partial charge in [-0.15, -0.1) is 0 Å². The SMILES string of the molecule is O=C(OCc1cc(-c2ccc(C(F)(F)F)cc2)no1)c1ccc(C#CC2CCCC2)c(F)c1. The van der Waals surface area contributed by atoms with Gasteiger partial charge in [-0.25, -0.2) is 9.18 Å². The zero-order valence-corrected chi connectivity index (χ0v) is 17.4. The Morgan fingerprint density at radius 3 is 2.48 bits per heavy atom. The van der Waals surface area contributed by atoms with Crippen molar-refractivity contribution in [1.82, 2.24) is 5.16 Å². The first-order valence-corrected chi connectivity index (χ1v) is 10.4. The quantitative estimate of drug-likeness (QED) is 0.259. The number of carbonyl (C=O) groups is 1. The van der Waals surface area contributed by atoms with E-state index in [4.69, 9.17) is 9.26 Å². The molecule has 0 N–H and O–H groups in total. The van der Waals surface area contributed by atoms with E-state index in [9.17, 15) is 22.4 Å². The predicted octanol–water partition coefficient (Wildman–Crippen LogP) is 6.40. The van der Waals surface area contributed by atoms with E-state index in [1.807, 2.05) is 0 Å². The van der Waals surface area contributed by atoms with Crippen molar-refractivity contribution in [3.8, 4) is 23.1 Å². The van der Waals surface area contributed by atoms with Gasteiger partial charge in [0, 0.05) is 17.5 Å². The average Bonchev–Trinajstić information content (AvgIpc) is 3.48. The Hall–Kier alpha value is -3.60. The van der Waals surface area contributed by atoms with Gasteiger partial charge in [0.2, 0.25) is 0 Å². The summed E-state index contributed by atoms with van der Waals surface area (Å²) >= 11 is 0. The molecule has 0 aliphatic heterocycles. The van der Waals surface area contributed by atoms with E-state index in [0.29, 0.717) is 17.2 Å². The van der Waals surface area contributed by atoms with Crippen molar-refractivity contribution < 1.29 is 31.6 Å². The van der Waals surface area contributed by atoms with E-state index in [0.717, 1.165) is 43.9 Å². The summed E-state index contributed by atoms with van der Waals surface area (Å²) in [7, 11) is 0. The van der Waals surface area contributed by atoms with Gasteiger partial charge < -0.3 is 9.26 Å². The fourth-order valence-electron chi connectivity index (χ4n) is 3.56. The smallest absolute Gasteiger partial charge is 0.416 e. The Balaban J connectivity index is 1.36. The van der Waals surface area contributed by atoms with E-state index in [2.05, 4.69) is 17.0 Å². The average molecular weight is 457 g/mol. The van der Waals surface area contributed by atoms with Crippen LogP contribution in [-0.4, -0.2) is 11.1 Å². The van der Waals surface area contributed by atoms with E-state index >= 15 is 0 Å². The van der Waals surface area contributed by atoms with Gasteiger partial charge in [-0.05, 0) is 43.2 Å². The Morgan fingerprint density at radius 2 is 1.82 bits per heavy atom. The standard InChI is InChI=1S/C25H19F4NO3/c26-22-13-19(8-7-17(22)6-5-16-3-1-2-4-16)24(31)32-15-21-14-23(30-33-21)18-9-11-20(12-10-18)25(27,28)29/h7-14,16H,1-4,15H2. The van der Waals surface area contributed by atoms with E-state index in [1.165, 1.54) is 30.3 Å². The third kappa shape index (κ3) is 5.61. The molecule has 0 saturated heterocycles. The van der Waals surface area contributed by atoms with Crippen LogP contribution in [0.5, 0.6) is 0 Å². The van der Waals surface area contributed by atoms with Crippen LogP contribution in [0.2, 0.25) is 0 Å². The zero-order valence-electron chi connectivity index (χ0n) is 17.4. The van der Waals surface area contributed by atoms with Crippen LogP contribution in [0, 0.1) is 23.6 Å². The number of alkyl halides is 3. The van der Waals surface area contributed by atoms with Gasteiger partial charge in [-0.3, -0.25) is 0 Å². The van der Waals surface area contributed by atoms with E-state index in [1.54, 1.807) is 0 Å². The van der Waals surface area contributed by atoms with Crippen molar-refractivity contribution >= 4 is 5.97 Å². The second-order valence-electron chi connectivity index (χ2n) is 7.78. The summed E-state index contributed by atoms with van der Waals surface area (Å²) in [5.41, 5.74) is 0.203. The van der Waals surface area contributed by atoms with E-state index in [-0.39, 0.29) is 23.5 Å². The predicted molar refractivity (Wildman–Crippen MR) is 111 cm³/mol. The largest absolute Gasteiger partial charge is 0.454 e. The van der Waals surface area contributed by atoms with Crippen LogP contribution in [0.4, 0.5) is 17.6 Å². The first kappa shape index (κ1) is 22.6. The molecule has 1 heterocycles. The molecular formula is C25H19F4NO3. The van der Waals surface area contributed by atoms with Gasteiger partial charge in [0.05, 0.1) is 16.7 Å². The van der Waals surface area contributed by atoms with Crippen molar-refractivity contribution in [2.75, 3.05) is 0 Å². The Labute approximate surface area is 187 Å². The monoisotopic (exact) mass is 457 g/mol. The number of ether oxygens (including phenoxy) is 1. The second kappa shape index (κ2) is 9.49. The Bertz CT molecular complexity index is 1200. The fourth-order valence-corrected chi connectivity index (χ4v) is 3.56. The number of benzene rings is 2. The van der Waals surface area contributed by atoms with Gasteiger partial charge in [0.1, 0.15) is 11.5 Å². The normalized spacial score (nSPS) is 14.1. The number of carbonyl (C=O) groups excluding carboxylic acids is 1. The third-order valence-electron chi connectivity index (χ3n) is 5.38. The molecule has 8 heteroatoms. The lowest BCUT2D eigenvalue weighted by Crippen LogP contribution is -2.05. The maximum atomic E-state index is 14.3. The van der Waals surface area contributed by atoms with Gasteiger partial charge in [-0.1, -0.05) is 42.0 Å². The molecule has 0 amide bonds. The van der Waals surface area contributed by atoms with Gasteiger partial charge >= 0.3 is 12.1 Å². The molecule has 0 atom stereocenters. The minimum atomic E-state index is -4.43. The Kier molecular flexibility index (Phi) is 6.50. The summed E-state index contributed by atoms with van der Waals surface area (Å²) in [6, 6.07) is 9.86. The molecule has 1 aromatic heterocycles. The van der Waals surface area contributed by atoms with Crippen molar-refractivity contribution in [2.45, 2.75) is 38.5 Å². The van der Waals surface area contributed by atoms with Crippen molar-refractivity contribution in [3.63, 3.8) is 0 Å². The second-order valence-corrected chi connectivity index (χ2v) is 7.78. The molecule has 2 aromatic carbocycles. The van der Waals surface area contributed by atoms with Gasteiger partial charge in [-0.2, -0.15) is 13.2 Å². The first-order chi connectivity index (χ1) is 15.8. The molecule has 1 saturated carbocycles. The molecule has 0 bridgehead atoms. The summed E-state index contributed by atoms with van der Waals surface area (Å²) in [4.78, 5) is 12.3. The summed E-state index contributed by atoms with van der Waals surface area (Å²) < 4.78 is 62.6. The lowest BCUT2D eigenvalue weighted by Gasteiger charge is -2.06. The molecule has 3 aromatic rings. The zero-order chi connectivity index (χ0) is 23.4. The van der Waals surface area contributed by atoms with Crippen LogP contribution in [-0.2, 0) is 17.5 Å². The van der Waals surface area contributed by atoms with Crippen molar-refractivity contribution in [3.05, 3.63) is 76.8 Å². The summed E-state index contributed by atoms with van der Waals surface area (Å²) in [5.74, 6) is 5.06. The van der Waals surface area contributed by atoms with E-state index < -0.39 is 23.5 Å². The number of esters is 1. The van der Waals surface area contributed by atoms with Gasteiger partial charge in [0.25, 0.3) is 0 Å². The maximum Gasteiger partial charge on any atom is 0.416 e. The summed E-state index contributed by atoms with van der Waals surface area (Å²) in [6.07, 6.45) is -0.0856. The summed E-state index contributed by atoms with van der Waals surface area (Å²) in [6.45, 7) is -0.267. The third-order valence-corrected chi connectivity index (χ3v) is 5.38. The lowest BCUT2D eigenvalue weighted by molar-refractivity contribution is -0.137. The molecule has 0 spiro atoms. The maximum absolute atomic E-state index is 14.3. The molecule has 1 fully saturated rings. The van der Waals surface area contributed by atoms with Crippen LogP contribution in [0.3, 0.4) is 0 Å². The van der Waals surface area contributed by atoms with Crippen LogP contribution < -0.4 is 0 Å². The molecular weight excluding hydrogens is 438 g/mol. The molecule has 1 aliphatic rings. The number of hydrogen-bond acceptors (Lipinski definition) is 4. The minimum absolute atomic E-state index is 0.0291. The molecule has 170 valence electrons. The number of rotatable bonds is 4. The number of nitrogens with zero attached hydrogens (tertiary/aromatic N) is 1.